The Hall–Kier alpha value is -4.03. The summed E-state index contributed by atoms with van der Waals surface area (Å²) in [5.41, 5.74) is 6.99. The number of hydrogen-bond donors (Lipinski definition) is 1. The molecule has 0 spiro atoms. The van der Waals surface area contributed by atoms with Gasteiger partial charge in [0.15, 0.2) is 0 Å². The zero-order valence-corrected chi connectivity index (χ0v) is 17.2. The predicted molar refractivity (Wildman–Crippen MR) is 126 cm³/mol. The molecule has 5 nitrogen and oxygen atoms in total. The molecule has 0 bridgehead atoms. The smallest absolute Gasteiger partial charge is 0.345 e. The molecule has 2 aromatic heterocycles. The van der Waals surface area contributed by atoms with Crippen LogP contribution < -0.4 is 11.1 Å². The first-order chi connectivity index (χ1) is 15.3. The van der Waals surface area contributed by atoms with E-state index in [-0.39, 0.29) is 0 Å². The Bertz CT molecular complexity index is 1380. The van der Waals surface area contributed by atoms with Crippen molar-refractivity contribution in [1.29, 1.82) is 0 Å². The number of nitrogens with zero attached hydrogens (tertiary/aromatic N) is 2. The molecule has 5 rings (SSSR count). The molecular formula is C25H17N3O2S. The van der Waals surface area contributed by atoms with E-state index in [1.807, 2.05) is 90.3 Å². The maximum absolute atomic E-state index is 12.4. The van der Waals surface area contributed by atoms with Crippen molar-refractivity contribution in [2.24, 2.45) is 5.10 Å². The molecule has 0 aliphatic rings. The molecule has 6 heteroatoms. The van der Waals surface area contributed by atoms with Crippen molar-refractivity contribution < 1.29 is 4.42 Å². The minimum atomic E-state index is -0.409. The first-order valence-corrected chi connectivity index (χ1v) is 10.6. The second-order valence-corrected chi connectivity index (χ2v) is 7.69. The molecule has 0 saturated heterocycles. The molecule has 2 heterocycles. The van der Waals surface area contributed by atoms with E-state index >= 15 is 0 Å². The van der Waals surface area contributed by atoms with Crippen LogP contribution in [0.15, 0.2) is 111 Å². The number of nitrogens with one attached hydrogen (secondary N) is 1. The van der Waals surface area contributed by atoms with Gasteiger partial charge in [0.25, 0.3) is 0 Å². The maximum atomic E-state index is 12.4. The van der Waals surface area contributed by atoms with Crippen LogP contribution >= 0.6 is 11.3 Å². The van der Waals surface area contributed by atoms with E-state index < -0.39 is 5.63 Å². The molecule has 0 amide bonds. The summed E-state index contributed by atoms with van der Waals surface area (Å²) in [6.07, 6.45) is 0. The molecule has 3 aromatic carbocycles. The lowest BCUT2D eigenvalue weighted by molar-refractivity contribution is 0.563. The predicted octanol–water partition coefficient (Wildman–Crippen LogP) is 5.78. The van der Waals surface area contributed by atoms with Gasteiger partial charge in [-0.3, -0.25) is 5.43 Å². The summed E-state index contributed by atoms with van der Waals surface area (Å²) in [4.78, 5) is 17.0. The molecule has 0 aliphatic heterocycles. The van der Waals surface area contributed by atoms with Gasteiger partial charge in [-0.25, -0.2) is 9.78 Å². The van der Waals surface area contributed by atoms with Gasteiger partial charge < -0.3 is 4.42 Å². The second kappa shape index (κ2) is 8.38. The highest BCUT2D eigenvalue weighted by molar-refractivity contribution is 7.14. The van der Waals surface area contributed by atoms with Crippen molar-refractivity contribution in [1.82, 2.24) is 4.98 Å². The zero-order valence-electron chi connectivity index (χ0n) is 16.4. The Morgan fingerprint density at radius 1 is 0.871 bits per heavy atom. The van der Waals surface area contributed by atoms with Gasteiger partial charge in [-0.2, -0.15) is 5.10 Å². The Morgan fingerprint density at radius 2 is 1.52 bits per heavy atom. The first kappa shape index (κ1) is 19.0. The summed E-state index contributed by atoms with van der Waals surface area (Å²) in [5.74, 6) is 0. The summed E-state index contributed by atoms with van der Waals surface area (Å²) in [6, 6.07) is 29.2. The van der Waals surface area contributed by atoms with Crippen molar-refractivity contribution in [2.75, 3.05) is 5.43 Å². The molecule has 0 fully saturated rings. The van der Waals surface area contributed by atoms with Crippen molar-refractivity contribution >= 4 is 33.1 Å². The molecule has 31 heavy (non-hydrogen) atoms. The fourth-order valence-corrected chi connectivity index (χ4v) is 3.93. The molecule has 0 unspecified atom stereocenters. The number of hydrogen-bond acceptors (Lipinski definition) is 6. The van der Waals surface area contributed by atoms with Gasteiger partial charge in [-0.05, 0) is 12.1 Å². The minimum Gasteiger partial charge on any atom is -0.422 e. The van der Waals surface area contributed by atoms with Gasteiger partial charge in [0.1, 0.15) is 5.58 Å². The molecule has 0 saturated carbocycles. The van der Waals surface area contributed by atoms with E-state index in [9.17, 15) is 4.79 Å². The van der Waals surface area contributed by atoms with Gasteiger partial charge in [0.2, 0.25) is 5.13 Å². The number of para-hydroxylation sites is 1. The van der Waals surface area contributed by atoms with Crippen LogP contribution in [0.25, 0.3) is 22.2 Å². The topological polar surface area (TPSA) is 67.5 Å². The fourth-order valence-electron chi connectivity index (χ4n) is 3.28. The van der Waals surface area contributed by atoms with Gasteiger partial charge in [-0.1, -0.05) is 78.9 Å². The summed E-state index contributed by atoms with van der Waals surface area (Å²) >= 11 is 1.38. The van der Waals surface area contributed by atoms with E-state index in [2.05, 4.69) is 15.5 Å². The van der Waals surface area contributed by atoms with Crippen LogP contribution in [-0.2, 0) is 0 Å². The summed E-state index contributed by atoms with van der Waals surface area (Å²) in [6.45, 7) is 0. The highest BCUT2D eigenvalue weighted by Gasteiger charge is 2.12. The van der Waals surface area contributed by atoms with E-state index in [1.54, 1.807) is 6.07 Å². The van der Waals surface area contributed by atoms with E-state index in [1.165, 1.54) is 11.3 Å². The van der Waals surface area contributed by atoms with Crippen LogP contribution in [0.5, 0.6) is 0 Å². The minimum absolute atomic E-state index is 0.409. The van der Waals surface area contributed by atoms with Crippen molar-refractivity contribution in [2.45, 2.75) is 0 Å². The van der Waals surface area contributed by atoms with Gasteiger partial charge in [0, 0.05) is 21.9 Å². The lowest BCUT2D eigenvalue weighted by atomic mass is 10.0. The number of anilines is 1. The van der Waals surface area contributed by atoms with Crippen LogP contribution in [0, 0.1) is 0 Å². The van der Waals surface area contributed by atoms with Crippen LogP contribution in [-0.4, -0.2) is 10.7 Å². The van der Waals surface area contributed by atoms with E-state index in [4.69, 9.17) is 4.42 Å². The highest BCUT2D eigenvalue weighted by atomic mass is 32.1. The molecular weight excluding hydrogens is 406 g/mol. The monoisotopic (exact) mass is 423 g/mol. The second-order valence-electron chi connectivity index (χ2n) is 6.83. The molecule has 0 atom stereocenters. The summed E-state index contributed by atoms with van der Waals surface area (Å²) in [7, 11) is 0. The van der Waals surface area contributed by atoms with Crippen LogP contribution in [0.3, 0.4) is 0 Å². The largest absolute Gasteiger partial charge is 0.422 e. The Morgan fingerprint density at radius 3 is 2.23 bits per heavy atom. The Balaban J connectivity index is 1.48. The Labute approximate surface area is 182 Å². The highest BCUT2D eigenvalue weighted by Crippen LogP contribution is 2.25. The SMILES string of the molecule is O=c1oc2ccccc2cc1-c1csc(NN=C(c2ccccc2)c2ccccc2)n1. The fraction of sp³-hybridized carbons (Fsp3) is 0. The van der Waals surface area contributed by atoms with Gasteiger partial charge in [0.05, 0.1) is 17.0 Å². The molecule has 1 N–H and O–H groups in total. The number of hydrazone groups is 1. The standard InChI is InChI=1S/C25H17N3O2S/c29-24-20(15-19-13-7-8-14-22(19)30-24)21-16-31-25(26-21)28-27-23(17-9-3-1-4-10-17)18-11-5-2-6-12-18/h1-16H,(H,26,28). The third-order valence-corrected chi connectivity index (χ3v) is 5.53. The van der Waals surface area contributed by atoms with Crippen LogP contribution in [0.2, 0.25) is 0 Å². The maximum Gasteiger partial charge on any atom is 0.345 e. The third-order valence-electron chi connectivity index (χ3n) is 4.78. The number of benzene rings is 3. The van der Waals surface area contributed by atoms with Crippen molar-refractivity contribution in [3.05, 3.63) is 118 Å². The average molecular weight is 423 g/mol. The Kier molecular flexibility index (Phi) is 5.12. The number of rotatable bonds is 5. The normalized spacial score (nSPS) is 10.7. The molecule has 0 radical (unpaired) electrons. The lowest BCUT2D eigenvalue weighted by Gasteiger charge is -2.07. The molecule has 5 aromatic rings. The van der Waals surface area contributed by atoms with Crippen molar-refractivity contribution in [3.63, 3.8) is 0 Å². The lowest BCUT2D eigenvalue weighted by Crippen LogP contribution is -2.06. The quantitative estimate of drug-likeness (QED) is 0.221. The average Bonchev–Trinajstić information content (AvgIpc) is 3.29. The van der Waals surface area contributed by atoms with E-state index in [0.717, 1.165) is 22.2 Å². The van der Waals surface area contributed by atoms with Crippen LogP contribution in [0.4, 0.5) is 5.13 Å². The van der Waals surface area contributed by atoms with Crippen LogP contribution in [0.1, 0.15) is 11.1 Å². The molecule has 150 valence electrons. The number of aromatic nitrogens is 1. The summed E-state index contributed by atoms with van der Waals surface area (Å²) < 4.78 is 5.43. The summed E-state index contributed by atoms with van der Waals surface area (Å²) in [5, 5.41) is 7.89. The number of thiazole rings is 1. The van der Waals surface area contributed by atoms with Gasteiger partial charge in [-0.15, -0.1) is 11.3 Å². The zero-order chi connectivity index (χ0) is 21.0. The van der Waals surface area contributed by atoms with E-state index in [0.29, 0.717) is 22.0 Å². The van der Waals surface area contributed by atoms with Gasteiger partial charge >= 0.3 is 5.63 Å². The third kappa shape index (κ3) is 4.01. The number of fused-ring (bicyclic) bond motifs is 1. The van der Waals surface area contributed by atoms with Crippen molar-refractivity contribution in [3.8, 4) is 11.3 Å². The first-order valence-electron chi connectivity index (χ1n) is 9.71. The molecule has 0 aliphatic carbocycles.